The second-order valence-electron chi connectivity index (χ2n) is 5.87. The van der Waals surface area contributed by atoms with Crippen LogP contribution >= 0.6 is 11.6 Å². The normalized spacial score (nSPS) is 15.6. The van der Waals surface area contributed by atoms with Crippen LogP contribution in [0.4, 0.5) is 5.95 Å². The lowest BCUT2D eigenvalue weighted by molar-refractivity contribution is 0.0818. The van der Waals surface area contributed by atoms with Gasteiger partial charge in [-0.1, -0.05) is 23.7 Å². The zero-order chi connectivity index (χ0) is 16.4. The molecular weight excluding hydrogens is 312 g/mol. The van der Waals surface area contributed by atoms with Crippen molar-refractivity contribution in [2.75, 3.05) is 12.4 Å². The highest BCUT2D eigenvalue weighted by Gasteiger charge is 2.40. The average molecular weight is 331 g/mol. The van der Waals surface area contributed by atoms with Crippen LogP contribution in [0.25, 0.3) is 0 Å². The lowest BCUT2D eigenvalue weighted by Gasteiger charge is -2.43. The molecule has 2 aromatic rings. The average Bonchev–Trinajstić information content (AvgIpc) is 2.50. The quantitative estimate of drug-likeness (QED) is 0.902. The third-order valence-corrected chi connectivity index (χ3v) is 4.48. The van der Waals surface area contributed by atoms with E-state index in [1.54, 1.807) is 13.1 Å². The van der Waals surface area contributed by atoms with Crippen LogP contribution in [-0.4, -0.2) is 22.9 Å². The van der Waals surface area contributed by atoms with Gasteiger partial charge in [-0.05, 0) is 49.9 Å². The molecule has 1 aromatic carbocycles. The van der Waals surface area contributed by atoms with E-state index in [0.29, 0.717) is 16.7 Å². The number of aryl methyl sites for hydroxylation is 1. The van der Waals surface area contributed by atoms with Crippen molar-refractivity contribution in [1.82, 2.24) is 15.3 Å². The molecule has 2 N–H and O–H groups in total. The number of amides is 1. The first kappa shape index (κ1) is 15.7. The van der Waals surface area contributed by atoms with Crippen molar-refractivity contribution >= 4 is 23.5 Å². The van der Waals surface area contributed by atoms with E-state index in [-0.39, 0.29) is 11.4 Å². The van der Waals surface area contributed by atoms with Crippen molar-refractivity contribution < 1.29 is 4.79 Å². The van der Waals surface area contributed by atoms with Gasteiger partial charge in [0, 0.05) is 17.8 Å². The SMILES string of the molecule is CNc1nc(C)cc(C(=O)NC2(c3cccc(Cl)c3)CCC2)n1. The van der Waals surface area contributed by atoms with Crippen LogP contribution < -0.4 is 10.6 Å². The monoisotopic (exact) mass is 330 g/mol. The second kappa shape index (κ2) is 6.16. The summed E-state index contributed by atoms with van der Waals surface area (Å²) in [5, 5.41) is 6.70. The number of hydrogen-bond donors (Lipinski definition) is 2. The predicted octanol–water partition coefficient (Wildman–Crippen LogP) is 3.29. The molecule has 0 aliphatic heterocycles. The molecule has 1 aliphatic rings. The zero-order valence-corrected chi connectivity index (χ0v) is 13.9. The number of nitrogens with zero attached hydrogens (tertiary/aromatic N) is 2. The summed E-state index contributed by atoms with van der Waals surface area (Å²) in [6, 6.07) is 9.38. The number of halogens is 1. The summed E-state index contributed by atoms with van der Waals surface area (Å²) in [4.78, 5) is 21.1. The Balaban J connectivity index is 1.87. The third kappa shape index (κ3) is 3.15. The van der Waals surface area contributed by atoms with Crippen LogP contribution in [0.1, 0.15) is 41.0 Å². The first-order chi connectivity index (χ1) is 11.0. The fraction of sp³-hybridized carbons (Fsp3) is 0.353. The number of nitrogens with one attached hydrogen (secondary N) is 2. The van der Waals surface area contributed by atoms with Gasteiger partial charge in [0.2, 0.25) is 5.95 Å². The maximum absolute atomic E-state index is 12.7. The van der Waals surface area contributed by atoms with Gasteiger partial charge >= 0.3 is 0 Å². The molecule has 5 nitrogen and oxygen atoms in total. The van der Waals surface area contributed by atoms with Crippen molar-refractivity contribution in [2.24, 2.45) is 0 Å². The van der Waals surface area contributed by atoms with Crippen molar-refractivity contribution in [3.05, 3.63) is 52.3 Å². The van der Waals surface area contributed by atoms with Crippen LogP contribution in [0.15, 0.2) is 30.3 Å². The molecule has 1 aliphatic carbocycles. The largest absolute Gasteiger partial charge is 0.357 e. The first-order valence-electron chi connectivity index (χ1n) is 7.64. The Labute approximate surface area is 140 Å². The van der Waals surface area contributed by atoms with Crippen molar-refractivity contribution in [3.63, 3.8) is 0 Å². The molecule has 1 fully saturated rings. The Hall–Kier alpha value is -2.14. The first-order valence-corrected chi connectivity index (χ1v) is 8.02. The van der Waals surface area contributed by atoms with Crippen LogP contribution in [0.3, 0.4) is 0 Å². The molecule has 0 atom stereocenters. The molecule has 1 amide bonds. The number of carbonyl (C=O) groups excluding carboxylic acids is 1. The number of rotatable bonds is 4. The Bertz CT molecular complexity index is 743. The van der Waals surface area contributed by atoms with E-state index >= 15 is 0 Å². The molecule has 0 bridgehead atoms. The van der Waals surface area contributed by atoms with Crippen molar-refractivity contribution in [3.8, 4) is 0 Å². The van der Waals surface area contributed by atoms with Gasteiger partial charge in [0.25, 0.3) is 5.91 Å². The standard InChI is InChI=1S/C17H19ClN4O/c1-11-9-14(21-16(19-2)20-11)15(23)22-17(7-4-8-17)12-5-3-6-13(18)10-12/h3,5-6,9-10H,4,7-8H2,1-2H3,(H,22,23)(H,19,20,21). The highest BCUT2D eigenvalue weighted by atomic mass is 35.5. The molecule has 120 valence electrons. The number of hydrogen-bond acceptors (Lipinski definition) is 4. The van der Waals surface area contributed by atoms with Crippen molar-refractivity contribution in [2.45, 2.75) is 31.7 Å². The van der Waals surface area contributed by atoms with E-state index in [1.807, 2.05) is 31.2 Å². The van der Waals surface area contributed by atoms with Gasteiger partial charge in [0.1, 0.15) is 5.69 Å². The van der Waals surface area contributed by atoms with E-state index < -0.39 is 0 Å². The zero-order valence-electron chi connectivity index (χ0n) is 13.2. The van der Waals surface area contributed by atoms with Gasteiger partial charge in [-0.15, -0.1) is 0 Å². The smallest absolute Gasteiger partial charge is 0.270 e. The molecule has 0 saturated heterocycles. The fourth-order valence-electron chi connectivity index (χ4n) is 2.88. The lowest BCUT2D eigenvalue weighted by atomic mass is 9.71. The summed E-state index contributed by atoms with van der Waals surface area (Å²) in [6.45, 7) is 1.84. The Morgan fingerprint density at radius 1 is 1.26 bits per heavy atom. The minimum Gasteiger partial charge on any atom is -0.357 e. The lowest BCUT2D eigenvalue weighted by Crippen LogP contribution is -2.51. The van der Waals surface area contributed by atoms with E-state index in [0.717, 1.165) is 30.5 Å². The Kier molecular flexibility index (Phi) is 4.22. The molecule has 1 saturated carbocycles. The third-order valence-electron chi connectivity index (χ3n) is 4.25. The van der Waals surface area contributed by atoms with E-state index in [2.05, 4.69) is 20.6 Å². The van der Waals surface area contributed by atoms with Gasteiger partial charge in [-0.25, -0.2) is 9.97 Å². The Morgan fingerprint density at radius 3 is 2.65 bits per heavy atom. The van der Waals surface area contributed by atoms with Gasteiger partial charge in [0.05, 0.1) is 5.54 Å². The molecule has 23 heavy (non-hydrogen) atoms. The summed E-state index contributed by atoms with van der Waals surface area (Å²) < 4.78 is 0. The molecule has 0 radical (unpaired) electrons. The van der Waals surface area contributed by atoms with E-state index in [1.165, 1.54) is 0 Å². The molecule has 3 rings (SSSR count). The summed E-state index contributed by atoms with van der Waals surface area (Å²) in [5.41, 5.74) is 1.82. The number of benzene rings is 1. The fourth-order valence-corrected chi connectivity index (χ4v) is 3.07. The molecule has 0 spiro atoms. The molecule has 1 heterocycles. The topological polar surface area (TPSA) is 66.9 Å². The molecule has 6 heteroatoms. The van der Waals surface area contributed by atoms with E-state index in [4.69, 9.17) is 11.6 Å². The number of carbonyl (C=O) groups is 1. The molecule has 1 aromatic heterocycles. The van der Waals surface area contributed by atoms with Crippen LogP contribution in [-0.2, 0) is 5.54 Å². The van der Waals surface area contributed by atoms with E-state index in [9.17, 15) is 4.79 Å². The predicted molar refractivity (Wildman–Crippen MR) is 90.8 cm³/mol. The van der Waals surface area contributed by atoms with Crippen LogP contribution in [0.2, 0.25) is 5.02 Å². The maximum Gasteiger partial charge on any atom is 0.270 e. The molecule has 0 unspecified atom stereocenters. The van der Waals surface area contributed by atoms with Gasteiger partial charge in [0.15, 0.2) is 0 Å². The van der Waals surface area contributed by atoms with Gasteiger partial charge in [-0.3, -0.25) is 4.79 Å². The highest BCUT2D eigenvalue weighted by molar-refractivity contribution is 6.30. The second-order valence-corrected chi connectivity index (χ2v) is 6.30. The number of anilines is 1. The highest BCUT2D eigenvalue weighted by Crippen LogP contribution is 2.42. The van der Waals surface area contributed by atoms with Crippen LogP contribution in [0.5, 0.6) is 0 Å². The van der Waals surface area contributed by atoms with Gasteiger partial charge in [-0.2, -0.15) is 0 Å². The summed E-state index contributed by atoms with van der Waals surface area (Å²) >= 11 is 6.10. The molecular formula is C17H19ClN4O. The Morgan fingerprint density at radius 2 is 2.04 bits per heavy atom. The number of aromatic nitrogens is 2. The summed E-state index contributed by atoms with van der Waals surface area (Å²) in [5.74, 6) is 0.257. The minimum atomic E-state index is -0.347. The van der Waals surface area contributed by atoms with Crippen molar-refractivity contribution in [1.29, 1.82) is 0 Å². The summed E-state index contributed by atoms with van der Waals surface area (Å²) in [6.07, 6.45) is 2.89. The van der Waals surface area contributed by atoms with Crippen LogP contribution in [0, 0.1) is 6.92 Å². The minimum absolute atomic E-state index is 0.188. The van der Waals surface area contributed by atoms with Gasteiger partial charge < -0.3 is 10.6 Å². The summed E-state index contributed by atoms with van der Waals surface area (Å²) in [7, 11) is 1.73. The maximum atomic E-state index is 12.7.